The van der Waals surface area contributed by atoms with Crippen LogP contribution in [0, 0.1) is 0 Å². The van der Waals surface area contributed by atoms with Gasteiger partial charge < -0.3 is 4.90 Å². The molecule has 1 unspecified atom stereocenters. The Hall–Kier alpha value is -2.14. The summed E-state index contributed by atoms with van der Waals surface area (Å²) >= 11 is 0. The van der Waals surface area contributed by atoms with Crippen LogP contribution in [0.25, 0.3) is 0 Å². The fourth-order valence-corrected chi connectivity index (χ4v) is 3.71. The van der Waals surface area contributed by atoms with Gasteiger partial charge in [0.05, 0.1) is 0 Å². The molecule has 4 rings (SSSR count). The third kappa shape index (κ3) is 2.96. The number of carbonyl (C=O) groups is 1. The molecule has 126 valence electrons. The number of aliphatic imine (C=N–C) groups is 1. The smallest absolute Gasteiger partial charge is 0.260 e. The van der Waals surface area contributed by atoms with Gasteiger partial charge in [-0.15, -0.1) is 0 Å². The third-order valence-electron chi connectivity index (χ3n) is 5.03. The van der Waals surface area contributed by atoms with Crippen LogP contribution in [0.5, 0.6) is 0 Å². The van der Waals surface area contributed by atoms with E-state index in [1.54, 1.807) is 4.90 Å². The van der Waals surface area contributed by atoms with E-state index >= 15 is 0 Å². The van der Waals surface area contributed by atoms with Crippen LogP contribution < -0.4 is 0 Å². The minimum atomic E-state index is -0.208. The molecule has 1 amide bonds. The SMILES string of the molecule is O=C(c1ccccc1)N1C=CC(N2CCCC2)=NC1N1CCCC1. The van der Waals surface area contributed by atoms with Gasteiger partial charge in [-0.2, -0.15) is 0 Å². The lowest BCUT2D eigenvalue weighted by Gasteiger charge is -2.36. The number of nitrogens with zero attached hydrogens (tertiary/aromatic N) is 4. The Morgan fingerprint density at radius 3 is 2.33 bits per heavy atom. The zero-order chi connectivity index (χ0) is 16.4. The van der Waals surface area contributed by atoms with Gasteiger partial charge in [0.1, 0.15) is 5.84 Å². The highest BCUT2D eigenvalue weighted by molar-refractivity contribution is 5.98. The second-order valence-electron chi connectivity index (χ2n) is 6.67. The highest BCUT2D eigenvalue weighted by Gasteiger charge is 2.33. The van der Waals surface area contributed by atoms with Crippen LogP contribution in [-0.2, 0) is 0 Å². The van der Waals surface area contributed by atoms with Crippen LogP contribution in [0.4, 0.5) is 0 Å². The number of rotatable bonds is 2. The lowest BCUT2D eigenvalue weighted by Crippen LogP contribution is -2.49. The predicted octanol–water partition coefficient (Wildman–Crippen LogP) is 2.53. The normalized spacial score (nSPS) is 24.5. The molecule has 0 spiro atoms. The quantitative estimate of drug-likeness (QED) is 0.839. The largest absolute Gasteiger partial charge is 0.357 e. The fraction of sp³-hybridized carbons (Fsp3) is 0.474. The fourth-order valence-electron chi connectivity index (χ4n) is 3.71. The Morgan fingerprint density at radius 1 is 0.958 bits per heavy atom. The van der Waals surface area contributed by atoms with E-state index in [2.05, 4.69) is 9.80 Å². The van der Waals surface area contributed by atoms with E-state index in [1.165, 1.54) is 25.7 Å². The molecule has 0 aromatic heterocycles. The lowest BCUT2D eigenvalue weighted by molar-refractivity contribution is 0.0563. The molecule has 0 saturated carbocycles. The molecule has 5 nitrogen and oxygen atoms in total. The highest BCUT2D eigenvalue weighted by atomic mass is 16.2. The van der Waals surface area contributed by atoms with E-state index in [0.29, 0.717) is 5.56 Å². The molecule has 1 aromatic rings. The summed E-state index contributed by atoms with van der Waals surface area (Å²) in [6.45, 7) is 4.16. The number of hydrogen-bond acceptors (Lipinski definition) is 4. The van der Waals surface area contributed by atoms with Crippen molar-refractivity contribution in [2.45, 2.75) is 32.0 Å². The Kier molecular flexibility index (Phi) is 4.34. The van der Waals surface area contributed by atoms with E-state index in [9.17, 15) is 4.79 Å². The van der Waals surface area contributed by atoms with Gasteiger partial charge in [0.2, 0.25) is 0 Å². The first-order valence-corrected chi connectivity index (χ1v) is 8.96. The molecule has 3 aliphatic rings. The molecule has 2 fully saturated rings. The van der Waals surface area contributed by atoms with Crippen LogP contribution in [-0.4, -0.2) is 58.9 Å². The molecule has 3 heterocycles. The molecule has 3 aliphatic heterocycles. The van der Waals surface area contributed by atoms with Crippen molar-refractivity contribution >= 4 is 11.7 Å². The molecule has 0 radical (unpaired) electrons. The van der Waals surface area contributed by atoms with E-state index < -0.39 is 0 Å². The van der Waals surface area contributed by atoms with Crippen molar-refractivity contribution in [3.8, 4) is 0 Å². The molecule has 0 N–H and O–H groups in total. The van der Waals surface area contributed by atoms with Crippen molar-refractivity contribution in [3.63, 3.8) is 0 Å². The summed E-state index contributed by atoms with van der Waals surface area (Å²) in [6, 6.07) is 9.49. The predicted molar refractivity (Wildman–Crippen MR) is 94.6 cm³/mol. The maximum atomic E-state index is 13.0. The van der Waals surface area contributed by atoms with E-state index in [1.807, 2.05) is 42.6 Å². The van der Waals surface area contributed by atoms with Crippen LogP contribution in [0.15, 0.2) is 47.6 Å². The van der Waals surface area contributed by atoms with Crippen molar-refractivity contribution in [1.82, 2.24) is 14.7 Å². The Morgan fingerprint density at radius 2 is 1.62 bits per heavy atom. The average Bonchev–Trinajstić information content (AvgIpc) is 3.35. The first kappa shape index (κ1) is 15.4. The number of carbonyl (C=O) groups excluding carboxylic acids is 1. The summed E-state index contributed by atoms with van der Waals surface area (Å²) in [5.74, 6) is 1.05. The van der Waals surface area contributed by atoms with Crippen LogP contribution >= 0.6 is 0 Å². The number of amidine groups is 1. The Labute approximate surface area is 143 Å². The summed E-state index contributed by atoms with van der Waals surface area (Å²) in [4.78, 5) is 24.4. The molecule has 2 saturated heterocycles. The van der Waals surface area contributed by atoms with E-state index in [-0.39, 0.29) is 12.2 Å². The van der Waals surface area contributed by atoms with Gasteiger partial charge in [0.15, 0.2) is 6.29 Å². The van der Waals surface area contributed by atoms with Crippen LogP contribution in [0.2, 0.25) is 0 Å². The zero-order valence-electron chi connectivity index (χ0n) is 14.0. The van der Waals surface area contributed by atoms with Gasteiger partial charge in [-0.25, -0.2) is 4.99 Å². The van der Waals surface area contributed by atoms with Gasteiger partial charge in [-0.1, -0.05) is 18.2 Å². The molecule has 0 aliphatic carbocycles. The monoisotopic (exact) mass is 324 g/mol. The van der Waals surface area contributed by atoms with Gasteiger partial charge in [0.25, 0.3) is 5.91 Å². The maximum absolute atomic E-state index is 13.0. The Bertz CT molecular complexity index is 643. The molecule has 1 atom stereocenters. The topological polar surface area (TPSA) is 39.2 Å². The summed E-state index contributed by atoms with van der Waals surface area (Å²) in [7, 11) is 0. The number of benzene rings is 1. The summed E-state index contributed by atoms with van der Waals surface area (Å²) in [5, 5.41) is 0. The highest BCUT2D eigenvalue weighted by Crippen LogP contribution is 2.23. The van der Waals surface area contributed by atoms with Gasteiger partial charge in [0, 0.05) is 37.9 Å². The molecule has 1 aromatic carbocycles. The molecule has 5 heteroatoms. The summed E-state index contributed by atoms with van der Waals surface area (Å²) in [6.07, 6.45) is 8.55. The minimum absolute atomic E-state index is 0.0213. The van der Waals surface area contributed by atoms with Crippen molar-refractivity contribution in [1.29, 1.82) is 0 Å². The van der Waals surface area contributed by atoms with Gasteiger partial charge in [-0.3, -0.25) is 14.6 Å². The van der Waals surface area contributed by atoms with E-state index in [0.717, 1.165) is 32.0 Å². The molecule has 24 heavy (non-hydrogen) atoms. The second kappa shape index (κ2) is 6.77. The summed E-state index contributed by atoms with van der Waals surface area (Å²) in [5.41, 5.74) is 0.714. The minimum Gasteiger partial charge on any atom is -0.357 e. The average molecular weight is 324 g/mol. The Balaban J connectivity index is 1.61. The van der Waals surface area contributed by atoms with Crippen molar-refractivity contribution in [2.75, 3.05) is 26.2 Å². The maximum Gasteiger partial charge on any atom is 0.260 e. The van der Waals surface area contributed by atoms with Gasteiger partial charge in [-0.05, 0) is 43.9 Å². The lowest BCUT2D eigenvalue weighted by atomic mass is 10.2. The number of likely N-dealkylation sites (tertiary alicyclic amines) is 2. The second-order valence-corrected chi connectivity index (χ2v) is 6.67. The standard InChI is InChI=1S/C19H24N4O/c24-18(16-8-2-1-3-9-16)23-15-10-17(21-11-4-5-12-21)20-19(23)22-13-6-7-14-22/h1-3,8-10,15,19H,4-7,11-14H2. The molecular weight excluding hydrogens is 300 g/mol. The first-order chi connectivity index (χ1) is 11.8. The third-order valence-corrected chi connectivity index (χ3v) is 5.03. The van der Waals surface area contributed by atoms with E-state index in [4.69, 9.17) is 4.99 Å². The van der Waals surface area contributed by atoms with Crippen LogP contribution in [0.1, 0.15) is 36.0 Å². The number of amides is 1. The zero-order valence-corrected chi connectivity index (χ0v) is 14.0. The summed E-state index contributed by atoms with van der Waals surface area (Å²) < 4.78 is 0. The van der Waals surface area contributed by atoms with Gasteiger partial charge >= 0.3 is 0 Å². The molecule has 0 bridgehead atoms. The van der Waals surface area contributed by atoms with Crippen molar-refractivity contribution in [3.05, 3.63) is 48.2 Å². The molecular formula is C19H24N4O. The van der Waals surface area contributed by atoms with Crippen LogP contribution in [0.3, 0.4) is 0 Å². The van der Waals surface area contributed by atoms with Crippen molar-refractivity contribution in [2.24, 2.45) is 4.99 Å². The number of hydrogen-bond donors (Lipinski definition) is 0. The van der Waals surface area contributed by atoms with Crippen molar-refractivity contribution < 1.29 is 4.79 Å². The first-order valence-electron chi connectivity index (χ1n) is 8.96.